The van der Waals surface area contributed by atoms with E-state index in [2.05, 4.69) is 18.7 Å². The molecule has 134 valence electrons. The van der Waals surface area contributed by atoms with Gasteiger partial charge in [0.1, 0.15) is 0 Å². The van der Waals surface area contributed by atoms with Gasteiger partial charge in [-0.05, 0) is 46.2 Å². The molecule has 0 atom stereocenters. The lowest BCUT2D eigenvalue weighted by Crippen LogP contribution is -2.28. The molecular formula is C16H36NO4P. The molecule has 0 aliphatic carbocycles. The van der Waals surface area contributed by atoms with Crippen molar-refractivity contribution in [3.8, 4) is 0 Å². The molecular weight excluding hydrogens is 301 g/mol. The number of hydrogen-bond donors (Lipinski definition) is 0. The number of rotatable bonds is 16. The van der Waals surface area contributed by atoms with Gasteiger partial charge in [-0.15, -0.1) is 0 Å². The minimum atomic E-state index is -3.34. The van der Waals surface area contributed by atoms with Crippen LogP contribution in [0.2, 0.25) is 0 Å². The average Bonchev–Trinajstić information content (AvgIpc) is 2.49. The van der Waals surface area contributed by atoms with Crippen LogP contribution in [0, 0.1) is 0 Å². The molecule has 0 saturated heterocycles. The van der Waals surface area contributed by atoms with Crippen LogP contribution >= 0.6 is 7.82 Å². The fourth-order valence-corrected chi connectivity index (χ4v) is 3.40. The molecule has 0 radical (unpaired) electrons. The summed E-state index contributed by atoms with van der Waals surface area (Å²) >= 11 is 0. The van der Waals surface area contributed by atoms with Gasteiger partial charge in [0.05, 0.1) is 19.8 Å². The average molecular weight is 337 g/mol. The molecule has 0 spiro atoms. The molecule has 5 nitrogen and oxygen atoms in total. The van der Waals surface area contributed by atoms with Gasteiger partial charge in [-0.25, -0.2) is 4.57 Å². The topological polar surface area (TPSA) is 48.0 Å². The Morgan fingerprint density at radius 3 is 1.82 bits per heavy atom. The first kappa shape index (κ1) is 22.1. The van der Waals surface area contributed by atoms with Gasteiger partial charge < -0.3 is 4.90 Å². The fourth-order valence-electron chi connectivity index (χ4n) is 2.20. The number of nitrogens with zero attached hydrogens (tertiary/aromatic N) is 1. The van der Waals surface area contributed by atoms with Crippen molar-refractivity contribution >= 4 is 7.82 Å². The first-order chi connectivity index (χ1) is 10.6. The predicted octanol–water partition coefficient (Wildman–Crippen LogP) is 4.87. The summed E-state index contributed by atoms with van der Waals surface area (Å²) < 4.78 is 27.8. The summed E-state index contributed by atoms with van der Waals surface area (Å²) in [5, 5.41) is 0. The Bertz CT molecular complexity index is 279. The molecule has 0 saturated carbocycles. The van der Waals surface area contributed by atoms with Crippen LogP contribution in [0.25, 0.3) is 0 Å². The highest BCUT2D eigenvalue weighted by molar-refractivity contribution is 7.48. The maximum absolute atomic E-state index is 12.2. The highest BCUT2D eigenvalue weighted by Crippen LogP contribution is 2.49. The van der Waals surface area contributed by atoms with E-state index >= 15 is 0 Å². The van der Waals surface area contributed by atoms with Gasteiger partial charge in [-0.3, -0.25) is 13.6 Å². The fraction of sp³-hybridized carbons (Fsp3) is 1.00. The van der Waals surface area contributed by atoms with Crippen LogP contribution in [0.5, 0.6) is 0 Å². The van der Waals surface area contributed by atoms with Crippen molar-refractivity contribution in [3.05, 3.63) is 0 Å². The Morgan fingerprint density at radius 2 is 1.27 bits per heavy atom. The van der Waals surface area contributed by atoms with Crippen molar-refractivity contribution in [1.29, 1.82) is 0 Å². The van der Waals surface area contributed by atoms with Crippen molar-refractivity contribution < 1.29 is 18.1 Å². The molecule has 0 aliphatic rings. The minimum absolute atomic E-state index is 0.330. The second-order valence-corrected chi connectivity index (χ2v) is 7.04. The van der Waals surface area contributed by atoms with E-state index in [-0.39, 0.29) is 0 Å². The molecule has 0 aliphatic heterocycles. The van der Waals surface area contributed by atoms with Crippen molar-refractivity contribution in [3.63, 3.8) is 0 Å². The number of phosphoric acid groups is 1. The third kappa shape index (κ3) is 11.6. The second kappa shape index (κ2) is 14.6. The van der Waals surface area contributed by atoms with Gasteiger partial charge in [0, 0.05) is 6.54 Å². The van der Waals surface area contributed by atoms with E-state index in [1.54, 1.807) is 13.8 Å². The molecule has 0 bridgehead atoms. The Kier molecular flexibility index (Phi) is 14.7. The SMILES string of the molecule is CCCCCN(CCCC)CCCOP(=O)(OCC)OCC. The summed E-state index contributed by atoms with van der Waals surface area (Å²) in [7, 11) is -3.34. The maximum atomic E-state index is 12.2. The van der Waals surface area contributed by atoms with Crippen molar-refractivity contribution in [2.75, 3.05) is 39.5 Å². The zero-order chi connectivity index (χ0) is 16.7. The predicted molar refractivity (Wildman–Crippen MR) is 92.3 cm³/mol. The lowest BCUT2D eigenvalue weighted by molar-refractivity contribution is 0.116. The first-order valence-corrected chi connectivity index (χ1v) is 10.3. The van der Waals surface area contributed by atoms with E-state index < -0.39 is 7.82 Å². The third-order valence-corrected chi connectivity index (χ3v) is 5.00. The molecule has 0 aromatic rings. The highest BCUT2D eigenvalue weighted by atomic mass is 31.2. The summed E-state index contributed by atoms with van der Waals surface area (Å²) in [5.74, 6) is 0. The van der Waals surface area contributed by atoms with Gasteiger partial charge in [-0.1, -0.05) is 33.1 Å². The molecule has 0 aromatic carbocycles. The lowest BCUT2D eigenvalue weighted by Gasteiger charge is -2.22. The van der Waals surface area contributed by atoms with Crippen LogP contribution in [0.3, 0.4) is 0 Å². The van der Waals surface area contributed by atoms with Crippen LogP contribution in [0.15, 0.2) is 0 Å². The molecule has 0 amide bonds. The van der Waals surface area contributed by atoms with Crippen LogP contribution < -0.4 is 0 Å². The van der Waals surface area contributed by atoms with Crippen LogP contribution in [-0.2, 0) is 18.1 Å². The third-order valence-electron chi connectivity index (χ3n) is 3.35. The monoisotopic (exact) mass is 337 g/mol. The Balaban J connectivity index is 4.04. The Labute approximate surface area is 137 Å². The zero-order valence-electron chi connectivity index (χ0n) is 15.0. The highest BCUT2D eigenvalue weighted by Gasteiger charge is 2.24. The summed E-state index contributed by atoms with van der Waals surface area (Å²) in [6.45, 7) is 12.3. The van der Waals surface area contributed by atoms with Crippen molar-refractivity contribution in [1.82, 2.24) is 4.90 Å². The molecule has 0 heterocycles. The Morgan fingerprint density at radius 1 is 0.727 bits per heavy atom. The smallest absolute Gasteiger partial charge is 0.303 e. The van der Waals surface area contributed by atoms with Gasteiger partial charge in [-0.2, -0.15) is 0 Å². The summed E-state index contributed by atoms with van der Waals surface area (Å²) in [5.41, 5.74) is 0. The molecule has 0 rings (SSSR count). The van der Waals surface area contributed by atoms with Crippen molar-refractivity contribution in [2.24, 2.45) is 0 Å². The number of unbranched alkanes of at least 4 members (excludes halogenated alkanes) is 3. The van der Waals surface area contributed by atoms with E-state index in [1.165, 1.54) is 32.1 Å². The summed E-state index contributed by atoms with van der Waals surface area (Å²) in [6.07, 6.45) is 7.06. The van der Waals surface area contributed by atoms with Gasteiger partial charge >= 0.3 is 7.82 Å². The van der Waals surface area contributed by atoms with E-state index in [1.807, 2.05) is 0 Å². The molecule has 0 aromatic heterocycles. The standard InChI is InChI=1S/C16H36NO4P/c1-5-9-11-14-17(13-10-6-2)15-12-16-21-22(18,19-7-3)20-8-4/h5-16H2,1-4H3. The number of phosphoric ester groups is 1. The molecule has 0 N–H and O–H groups in total. The van der Waals surface area contributed by atoms with Gasteiger partial charge in [0.25, 0.3) is 0 Å². The van der Waals surface area contributed by atoms with E-state index in [0.717, 1.165) is 26.1 Å². The maximum Gasteiger partial charge on any atom is 0.474 e. The normalized spacial score (nSPS) is 12.2. The van der Waals surface area contributed by atoms with Crippen LogP contribution in [-0.4, -0.2) is 44.4 Å². The molecule has 22 heavy (non-hydrogen) atoms. The van der Waals surface area contributed by atoms with E-state index in [9.17, 15) is 4.57 Å². The quantitative estimate of drug-likeness (QED) is 0.297. The van der Waals surface area contributed by atoms with Crippen molar-refractivity contribution in [2.45, 2.75) is 66.2 Å². The summed E-state index contributed by atoms with van der Waals surface area (Å²) in [4.78, 5) is 2.48. The first-order valence-electron chi connectivity index (χ1n) is 8.87. The minimum Gasteiger partial charge on any atom is -0.303 e. The zero-order valence-corrected chi connectivity index (χ0v) is 15.9. The van der Waals surface area contributed by atoms with Crippen LogP contribution in [0.4, 0.5) is 0 Å². The molecule has 6 heteroatoms. The largest absolute Gasteiger partial charge is 0.474 e. The van der Waals surface area contributed by atoms with Gasteiger partial charge in [0.15, 0.2) is 0 Å². The second-order valence-electron chi connectivity index (χ2n) is 5.37. The van der Waals surface area contributed by atoms with Gasteiger partial charge in [0.2, 0.25) is 0 Å². The Hall–Kier alpha value is 0.0700. The van der Waals surface area contributed by atoms with Crippen LogP contribution in [0.1, 0.15) is 66.2 Å². The van der Waals surface area contributed by atoms with E-state index in [4.69, 9.17) is 13.6 Å². The summed E-state index contributed by atoms with van der Waals surface area (Å²) in [6, 6.07) is 0. The van der Waals surface area contributed by atoms with E-state index in [0.29, 0.717) is 19.8 Å². The number of hydrogen-bond acceptors (Lipinski definition) is 5. The lowest BCUT2D eigenvalue weighted by atomic mass is 10.2. The molecule has 0 unspecified atom stereocenters. The molecule has 0 fully saturated rings.